The average Bonchev–Trinajstić information content (AvgIpc) is 2.50. The molecule has 0 atom stereocenters. The molecule has 2 fully saturated rings. The summed E-state index contributed by atoms with van der Waals surface area (Å²) < 4.78 is 27.7. The second kappa shape index (κ2) is 7.99. The first kappa shape index (κ1) is 18.0. The van der Waals surface area contributed by atoms with E-state index in [0.29, 0.717) is 39.0 Å². The van der Waals surface area contributed by atoms with Crippen molar-refractivity contribution in [2.24, 2.45) is 5.92 Å². The number of nitrogens with one attached hydrogen (secondary N) is 1. The van der Waals surface area contributed by atoms with Gasteiger partial charge in [-0.15, -0.1) is 0 Å². The van der Waals surface area contributed by atoms with Crippen LogP contribution in [0.3, 0.4) is 0 Å². The van der Waals surface area contributed by atoms with Crippen molar-refractivity contribution in [3.05, 3.63) is 0 Å². The van der Waals surface area contributed by atoms with Gasteiger partial charge in [0.05, 0.1) is 18.1 Å². The topological polar surface area (TPSA) is 92.8 Å². The highest BCUT2D eigenvalue weighted by atomic mass is 32.2. The molecule has 0 aromatic heterocycles. The van der Waals surface area contributed by atoms with Crippen LogP contribution in [-0.4, -0.2) is 62.6 Å². The van der Waals surface area contributed by atoms with E-state index in [1.165, 1.54) is 0 Å². The zero-order valence-electron chi connectivity index (χ0n) is 13.6. The standard InChI is InChI=1S/C15H26N2O5S/c1-2-22-15(19)17-7-3-13(4-8-17)16-14(18)11-12-5-9-23(20,21)10-6-12/h12-13H,2-11H2,1H3,(H,16,18). The van der Waals surface area contributed by atoms with Gasteiger partial charge in [-0.3, -0.25) is 4.79 Å². The molecule has 0 saturated carbocycles. The largest absolute Gasteiger partial charge is 0.450 e. The minimum absolute atomic E-state index is 0.0103. The van der Waals surface area contributed by atoms with E-state index < -0.39 is 9.84 Å². The molecule has 23 heavy (non-hydrogen) atoms. The minimum Gasteiger partial charge on any atom is -0.450 e. The lowest BCUT2D eigenvalue weighted by molar-refractivity contribution is -0.123. The quantitative estimate of drug-likeness (QED) is 0.818. The Kier molecular flexibility index (Phi) is 6.26. The molecular weight excluding hydrogens is 320 g/mol. The monoisotopic (exact) mass is 346 g/mol. The Hall–Kier alpha value is -1.31. The smallest absolute Gasteiger partial charge is 0.409 e. The fourth-order valence-electron chi connectivity index (χ4n) is 3.11. The van der Waals surface area contributed by atoms with Gasteiger partial charge >= 0.3 is 6.09 Å². The van der Waals surface area contributed by atoms with Gasteiger partial charge in [-0.2, -0.15) is 0 Å². The predicted octanol–water partition coefficient (Wildman–Crippen LogP) is 0.938. The zero-order valence-corrected chi connectivity index (χ0v) is 14.4. The molecule has 0 unspecified atom stereocenters. The summed E-state index contributed by atoms with van der Waals surface area (Å²) in [6, 6.07) is 0.0838. The molecule has 7 nitrogen and oxygen atoms in total. The van der Waals surface area contributed by atoms with E-state index in [2.05, 4.69) is 5.32 Å². The van der Waals surface area contributed by atoms with Gasteiger partial charge in [-0.05, 0) is 38.5 Å². The van der Waals surface area contributed by atoms with Crippen LogP contribution in [0.25, 0.3) is 0 Å². The van der Waals surface area contributed by atoms with Gasteiger partial charge in [0.25, 0.3) is 0 Å². The molecule has 1 N–H and O–H groups in total. The van der Waals surface area contributed by atoms with Crippen LogP contribution in [-0.2, 0) is 19.4 Å². The zero-order chi connectivity index (χ0) is 16.9. The maximum Gasteiger partial charge on any atom is 0.409 e. The number of carbonyl (C=O) groups is 2. The lowest BCUT2D eigenvalue weighted by Gasteiger charge is -2.32. The molecule has 2 aliphatic rings. The Bertz CT molecular complexity index is 512. The van der Waals surface area contributed by atoms with Gasteiger partial charge in [0.15, 0.2) is 0 Å². The second-order valence-corrected chi connectivity index (χ2v) is 8.63. The van der Waals surface area contributed by atoms with Crippen molar-refractivity contribution in [3.63, 3.8) is 0 Å². The van der Waals surface area contributed by atoms with Crippen LogP contribution in [0.2, 0.25) is 0 Å². The third-order valence-corrected chi connectivity index (χ3v) is 6.25. The maximum atomic E-state index is 12.1. The van der Waals surface area contributed by atoms with Crippen molar-refractivity contribution in [2.45, 2.75) is 45.1 Å². The van der Waals surface area contributed by atoms with Crippen LogP contribution in [0.15, 0.2) is 0 Å². The Balaban J connectivity index is 1.68. The predicted molar refractivity (Wildman–Crippen MR) is 85.8 cm³/mol. The third-order valence-electron chi connectivity index (χ3n) is 4.53. The minimum atomic E-state index is -2.88. The first-order valence-electron chi connectivity index (χ1n) is 8.31. The van der Waals surface area contributed by atoms with Crippen LogP contribution >= 0.6 is 0 Å². The summed E-state index contributed by atoms with van der Waals surface area (Å²) in [5, 5.41) is 3.01. The van der Waals surface area contributed by atoms with E-state index in [1.54, 1.807) is 11.8 Å². The lowest BCUT2D eigenvalue weighted by Crippen LogP contribution is -2.47. The van der Waals surface area contributed by atoms with E-state index in [-0.39, 0.29) is 35.5 Å². The van der Waals surface area contributed by atoms with E-state index in [0.717, 1.165) is 12.8 Å². The highest BCUT2D eigenvalue weighted by Crippen LogP contribution is 2.22. The number of nitrogens with zero attached hydrogens (tertiary/aromatic N) is 1. The number of rotatable bonds is 4. The van der Waals surface area contributed by atoms with Crippen molar-refractivity contribution in [2.75, 3.05) is 31.2 Å². The van der Waals surface area contributed by atoms with Gasteiger partial charge in [-0.25, -0.2) is 13.2 Å². The van der Waals surface area contributed by atoms with Gasteiger partial charge in [0.2, 0.25) is 5.91 Å². The first-order valence-corrected chi connectivity index (χ1v) is 10.1. The van der Waals surface area contributed by atoms with Gasteiger partial charge in [-0.1, -0.05) is 0 Å². The SMILES string of the molecule is CCOC(=O)N1CCC(NC(=O)CC2CCS(=O)(=O)CC2)CC1. The molecule has 2 amide bonds. The Morgan fingerprint density at radius 2 is 1.74 bits per heavy atom. The average molecular weight is 346 g/mol. The molecule has 0 radical (unpaired) electrons. The molecule has 0 bridgehead atoms. The molecule has 0 aromatic carbocycles. The lowest BCUT2D eigenvalue weighted by atomic mass is 9.97. The summed E-state index contributed by atoms with van der Waals surface area (Å²) in [5.41, 5.74) is 0. The molecule has 2 heterocycles. The van der Waals surface area contributed by atoms with Crippen molar-refractivity contribution in [1.29, 1.82) is 0 Å². The fourth-order valence-corrected chi connectivity index (χ4v) is 4.70. The molecular formula is C15H26N2O5S. The molecule has 132 valence electrons. The van der Waals surface area contributed by atoms with Crippen LogP contribution in [0.4, 0.5) is 4.79 Å². The summed E-state index contributed by atoms with van der Waals surface area (Å²) in [6.45, 7) is 3.32. The number of likely N-dealkylation sites (tertiary alicyclic amines) is 1. The number of sulfone groups is 1. The van der Waals surface area contributed by atoms with E-state index in [1.807, 2.05) is 0 Å². The number of ether oxygens (including phenoxy) is 1. The van der Waals surface area contributed by atoms with Crippen molar-refractivity contribution < 1.29 is 22.7 Å². The van der Waals surface area contributed by atoms with E-state index in [4.69, 9.17) is 4.74 Å². The van der Waals surface area contributed by atoms with Crippen molar-refractivity contribution >= 4 is 21.8 Å². The number of hydrogen-bond donors (Lipinski definition) is 1. The number of carbonyl (C=O) groups excluding carboxylic acids is 2. The summed E-state index contributed by atoms with van der Waals surface area (Å²) in [4.78, 5) is 25.4. The van der Waals surface area contributed by atoms with Crippen LogP contribution < -0.4 is 5.32 Å². The van der Waals surface area contributed by atoms with Gasteiger partial charge in [0, 0.05) is 25.6 Å². The number of amides is 2. The molecule has 2 saturated heterocycles. The summed E-state index contributed by atoms with van der Waals surface area (Å²) >= 11 is 0. The van der Waals surface area contributed by atoms with Crippen LogP contribution in [0.1, 0.15) is 39.0 Å². The maximum absolute atomic E-state index is 12.1. The van der Waals surface area contributed by atoms with Gasteiger partial charge < -0.3 is 15.0 Å². The summed E-state index contributed by atoms with van der Waals surface area (Å²) in [6.07, 6.45) is 2.72. The molecule has 0 aliphatic carbocycles. The van der Waals surface area contributed by atoms with Crippen molar-refractivity contribution in [3.8, 4) is 0 Å². The molecule has 0 spiro atoms. The van der Waals surface area contributed by atoms with Crippen molar-refractivity contribution in [1.82, 2.24) is 10.2 Å². The Morgan fingerprint density at radius 3 is 2.30 bits per heavy atom. The van der Waals surface area contributed by atoms with Crippen LogP contribution in [0, 0.1) is 5.92 Å². The molecule has 0 aromatic rings. The second-order valence-electron chi connectivity index (χ2n) is 6.33. The molecule has 2 aliphatic heterocycles. The number of hydrogen-bond acceptors (Lipinski definition) is 5. The Morgan fingerprint density at radius 1 is 1.13 bits per heavy atom. The first-order chi connectivity index (χ1) is 10.9. The summed E-state index contributed by atoms with van der Waals surface area (Å²) in [7, 11) is -2.88. The number of piperidine rings is 1. The van der Waals surface area contributed by atoms with E-state index >= 15 is 0 Å². The highest BCUT2D eigenvalue weighted by Gasteiger charge is 2.27. The molecule has 8 heteroatoms. The highest BCUT2D eigenvalue weighted by molar-refractivity contribution is 7.91. The normalized spacial score (nSPS) is 22.6. The molecule has 2 rings (SSSR count). The Labute approximate surface area is 137 Å². The van der Waals surface area contributed by atoms with Crippen LogP contribution in [0.5, 0.6) is 0 Å². The fraction of sp³-hybridized carbons (Fsp3) is 0.867. The summed E-state index contributed by atoms with van der Waals surface area (Å²) in [5.74, 6) is 0.549. The third kappa shape index (κ3) is 5.67. The van der Waals surface area contributed by atoms with Gasteiger partial charge in [0.1, 0.15) is 9.84 Å². The van der Waals surface area contributed by atoms with E-state index in [9.17, 15) is 18.0 Å².